The van der Waals surface area contributed by atoms with Crippen molar-refractivity contribution in [1.29, 1.82) is 0 Å². The molecule has 0 N–H and O–H groups in total. The van der Waals surface area contributed by atoms with Gasteiger partial charge in [-0.1, -0.05) is 12.1 Å². The fraction of sp³-hybridized carbons (Fsp3) is 0.333. The zero-order valence-corrected chi connectivity index (χ0v) is 14.6. The van der Waals surface area contributed by atoms with Gasteiger partial charge in [0.25, 0.3) is 0 Å². The van der Waals surface area contributed by atoms with Gasteiger partial charge < -0.3 is 4.74 Å². The van der Waals surface area contributed by atoms with E-state index < -0.39 is 21.7 Å². The van der Waals surface area contributed by atoms with Crippen LogP contribution in [0.2, 0.25) is 0 Å². The summed E-state index contributed by atoms with van der Waals surface area (Å²) in [6, 6.07) is 9.26. The predicted molar refractivity (Wildman–Crippen MR) is 89.8 cm³/mol. The minimum Gasteiger partial charge on any atom is -0.494 e. The zero-order valence-electron chi connectivity index (χ0n) is 13.8. The molecule has 2 aromatic carbocycles. The van der Waals surface area contributed by atoms with Gasteiger partial charge in [0.2, 0.25) is 10.0 Å². The van der Waals surface area contributed by atoms with Crippen LogP contribution in [0.5, 0.6) is 5.75 Å². The van der Waals surface area contributed by atoms with Gasteiger partial charge in [-0.2, -0.15) is 4.31 Å². The van der Waals surface area contributed by atoms with Crippen molar-refractivity contribution < 1.29 is 21.9 Å². The molecule has 1 fully saturated rings. The van der Waals surface area contributed by atoms with Crippen molar-refractivity contribution in [1.82, 2.24) is 4.31 Å². The van der Waals surface area contributed by atoms with Gasteiger partial charge in [-0.05, 0) is 49.6 Å². The second-order valence-electron chi connectivity index (χ2n) is 5.88. The van der Waals surface area contributed by atoms with Gasteiger partial charge >= 0.3 is 0 Å². The van der Waals surface area contributed by atoms with Crippen LogP contribution in [-0.2, 0) is 10.0 Å². The molecule has 2 aromatic rings. The fourth-order valence-electron chi connectivity index (χ4n) is 3.13. The Balaban J connectivity index is 1.92. The van der Waals surface area contributed by atoms with Crippen LogP contribution in [0.4, 0.5) is 8.78 Å². The Morgan fingerprint density at radius 2 is 1.76 bits per heavy atom. The Morgan fingerprint density at radius 3 is 2.36 bits per heavy atom. The summed E-state index contributed by atoms with van der Waals surface area (Å²) in [4.78, 5) is -0.358. The van der Waals surface area contributed by atoms with Crippen LogP contribution in [0, 0.1) is 11.6 Å². The summed E-state index contributed by atoms with van der Waals surface area (Å²) >= 11 is 0. The van der Waals surface area contributed by atoms with Gasteiger partial charge in [-0.25, -0.2) is 17.2 Å². The first-order chi connectivity index (χ1) is 11.9. The van der Waals surface area contributed by atoms with Crippen molar-refractivity contribution in [3.05, 3.63) is 59.7 Å². The number of hydrogen-bond acceptors (Lipinski definition) is 3. The number of halogens is 2. The SMILES string of the molecule is CCOc1ccc(C2CCCN2S(=O)(=O)c2cc(F)cc(F)c2)cc1. The molecule has 0 amide bonds. The molecule has 0 spiro atoms. The zero-order chi connectivity index (χ0) is 18.0. The minimum absolute atomic E-state index is 0.318. The average Bonchev–Trinajstić information content (AvgIpc) is 3.05. The lowest BCUT2D eigenvalue weighted by Gasteiger charge is -2.24. The second kappa shape index (κ2) is 7.09. The van der Waals surface area contributed by atoms with Crippen LogP contribution in [0.15, 0.2) is 47.4 Å². The maximum Gasteiger partial charge on any atom is 0.243 e. The molecule has 1 saturated heterocycles. The van der Waals surface area contributed by atoms with Gasteiger partial charge in [-0.3, -0.25) is 0 Å². The largest absolute Gasteiger partial charge is 0.494 e. The minimum atomic E-state index is -3.98. The van der Waals surface area contributed by atoms with Gasteiger partial charge in [0.05, 0.1) is 17.5 Å². The van der Waals surface area contributed by atoms with Gasteiger partial charge in [0.15, 0.2) is 0 Å². The monoisotopic (exact) mass is 367 g/mol. The number of benzene rings is 2. The van der Waals surface area contributed by atoms with Crippen LogP contribution in [-0.4, -0.2) is 25.9 Å². The second-order valence-corrected chi connectivity index (χ2v) is 7.77. The van der Waals surface area contributed by atoms with Crippen molar-refractivity contribution in [2.45, 2.75) is 30.7 Å². The molecule has 0 aromatic heterocycles. The molecular weight excluding hydrogens is 348 g/mol. The predicted octanol–water partition coefficient (Wildman–Crippen LogP) is 3.89. The van der Waals surface area contributed by atoms with E-state index in [9.17, 15) is 17.2 Å². The Bertz CT molecular complexity index is 833. The van der Waals surface area contributed by atoms with Gasteiger partial charge in [0.1, 0.15) is 17.4 Å². The molecule has 1 unspecified atom stereocenters. The molecule has 0 radical (unpaired) electrons. The molecule has 0 saturated carbocycles. The number of nitrogens with zero attached hydrogens (tertiary/aromatic N) is 1. The first kappa shape index (κ1) is 17.8. The summed E-state index contributed by atoms with van der Waals surface area (Å²) in [6.45, 7) is 2.75. The third-order valence-electron chi connectivity index (χ3n) is 4.22. The van der Waals surface area contributed by atoms with Crippen molar-refractivity contribution in [2.75, 3.05) is 13.2 Å². The molecule has 1 aliphatic rings. The number of hydrogen-bond donors (Lipinski definition) is 0. The van der Waals surface area contributed by atoms with Crippen molar-refractivity contribution in [2.24, 2.45) is 0 Å². The van der Waals surface area contributed by atoms with E-state index in [4.69, 9.17) is 4.74 Å². The normalized spacial score (nSPS) is 18.4. The van der Waals surface area contributed by atoms with Crippen LogP contribution in [0.1, 0.15) is 31.4 Å². The Hall–Kier alpha value is -1.99. The summed E-state index contributed by atoms with van der Waals surface area (Å²) in [5.41, 5.74) is 0.835. The molecule has 25 heavy (non-hydrogen) atoms. The number of sulfonamides is 1. The highest BCUT2D eigenvalue weighted by Gasteiger charge is 2.36. The van der Waals surface area contributed by atoms with E-state index in [0.29, 0.717) is 37.8 Å². The van der Waals surface area contributed by atoms with E-state index in [0.717, 1.165) is 17.7 Å². The lowest BCUT2D eigenvalue weighted by molar-refractivity contribution is 0.339. The van der Waals surface area contributed by atoms with Gasteiger partial charge in [0, 0.05) is 12.6 Å². The standard InChI is InChI=1S/C18H19F2NO3S/c1-2-24-16-7-5-13(6-8-16)18-4-3-9-21(18)25(22,23)17-11-14(19)10-15(20)12-17/h5-8,10-12,18H,2-4,9H2,1H3. The van der Waals surface area contributed by atoms with E-state index in [2.05, 4.69) is 0 Å². The van der Waals surface area contributed by atoms with Crippen LogP contribution in [0.25, 0.3) is 0 Å². The van der Waals surface area contributed by atoms with Gasteiger partial charge in [-0.15, -0.1) is 0 Å². The maximum absolute atomic E-state index is 13.4. The van der Waals surface area contributed by atoms with E-state index in [1.165, 1.54) is 4.31 Å². The first-order valence-electron chi connectivity index (χ1n) is 8.12. The number of ether oxygens (including phenoxy) is 1. The summed E-state index contributed by atoms with van der Waals surface area (Å²) in [5.74, 6) is -1.10. The third-order valence-corrected chi connectivity index (χ3v) is 6.11. The quantitative estimate of drug-likeness (QED) is 0.805. The van der Waals surface area contributed by atoms with Crippen molar-refractivity contribution in [3.63, 3.8) is 0 Å². The molecular formula is C18H19F2NO3S. The first-order valence-corrected chi connectivity index (χ1v) is 9.56. The number of rotatable bonds is 5. The fourth-order valence-corrected chi connectivity index (χ4v) is 4.85. The highest BCUT2D eigenvalue weighted by atomic mass is 32.2. The maximum atomic E-state index is 13.4. The molecule has 3 rings (SSSR count). The highest BCUT2D eigenvalue weighted by molar-refractivity contribution is 7.89. The lowest BCUT2D eigenvalue weighted by atomic mass is 10.1. The summed E-state index contributed by atoms with van der Waals surface area (Å²) in [6.07, 6.45) is 1.35. The van der Waals surface area contributed by atoms with E-state index in [1.54, 1.807) is 12.1 Å². The molecule has 4 nitrogen and oxygen atoms in total. The molecule has 1 heterocycles. The average molecular weight is 367 g/mol. The van der Waals surface area contributed by atoms with Crippen LogP contribution in [0.3, 0.4) is 0 Å². The Kier molecular flexibility index (Phi) is 5.06. The molecule has 0 aliphatic carbocycles. The molecule has 0 bridgehead atoms. The third kappa shape index (κ3) is 3.67. The Morgan fingerprint density at radius 1 is 1.12 bits per heavy atom. The smallest absolute Gasteiger partial charge is 0.243 e. The molecule has 7 heteroatoms. The summed E-state index contributed by atoms with van der Waals surface area (Å²) in [7, 11) is -3.98. The van der Waals surface area contributed by atoms with E-state index >= 15 is 0 Å². The molecule has 1 atom stereocenters. The van der Waals surface area contributed by atoms with Crippen LogP contribution < -0.4 is 4.74 Å². The Labute approximate surface area is 146 Å². The highest BCUT2D eigenvalue weighted by Crippen LogP contribution is 2.37. The topological polar surface area (TPSA) is 46.6 Å². The summed E-state index contributed by atoms with van der Waals surface area (Å²) in [5, 5.41) is 0. The van der Waals surface area contributed by atoms with Crippen molar-refractivity contribution >= 4 is 10.0 Å². The molecule has 1 aliphatic heterocycles. The summed E-state index contributed by atoms with van der Waals surface area (Å²) < 4.78 is 59.3. The molecule has 134 valence electrons. The van der Waals surface area contributed by atoms with Crippen LogP contribution >= 0.6 is 0 Å². The van der Waals surface area contributed by atoms with E-state index in [-0.39, 0.29) is 10.9 Å². The van der Waals surface area contributed by atoms with E-state index in [1.807, 2.05) is 19.1 Å². The lowest BCUT2D eigenvalue weighted by Crippen LogP contribution is -2.30. The van der Waals surface area contributed by atoms with Crippen molar-refractivity contribution in [3.8, 4) is 5.75 Å².